The summed E-state index contributed by atoms with van der Waals surface area (Å²) in [5, 5.41) is 0. The Balaban J connectivity index is 2.79. The molecule has 0 aliphatic rings. The van der Waals surface area contributed by atoms with Crippen molar-refractivity contribution in [3.63, 3.8) is 0 Å². The predicted molar refractivity (Wildman–Crippen MR) is 63.0 cm³/mol. The number of sulfone groups is 1. The molecule has 0 aliphatic heterocycles. The Bertz CT molecular complexity index is 463. The molecule has 0 aliphatic carbocycles. The van der Waals surface area contributed by atoms with Crippen molar-refractivity contribution < 1.29 is 13.2 Å². The van der Waals surface area contributed by atoms with Crippen LogP contribution in [0.4, 0.5) is 0 Å². The highest BCUT2D eigenvalue weighted by Crippen LogP contribution is 2.09. The summed E-state index contributed by atoms with van der Waals surface area (Å²) in [5.74, 6) is -0.0216. The number of ketones is 1. The first-order chi connectivity index (χ1) is 7.42. The summed E-state index contributed by atoms with van der Waals surface area (Å²) in [6.07, 6.45) is 1.49. The number of rotatable bonds is 5. The molecule has 0 aromatic heterocycles. The van der Waals surface area contributed by atoms with E-state index < -0.39 is 9.84 Å². The maximum Gasteiger partial charge on any atom is 0.164 e. The van der Waals surface area contributed by atoms with E-state index in [0.717, 1.165) is 0 Å². The summed E-state index contributed by atoms with van der Waals surface area (Å²) in [4.78, 5) is 11.4. The Hall–Kier alpha value is -1.20. The third kappa shape index (κ3) is 4.12. The van der Waals surface area contributed by atoms with Crippen LogP contribution in [0, 0.1) is 0 Å². The smallest absolute Gasteiger partial charge is 0.164 e. The van der Waals surface area contributed by atoms with Crippen molar-refractivity contribution in [1.29, 1.82) is 0 Å². The van der Waals surface area contributed by atoms with Crippen molar-refractivity contribution >= 4 is 15.6 Å². The molecule has 0 spiro atoms. The average Bonchev–Trinajstić information content (AvgIpc) is 2.16. The van der Waals surface area contributed by atoms with Gasteiger partial charge < -0.3 is 5.73 Å². The Kier molecular flexibility index (Phi) is 4.20. The van der Waals surface area contributed by atoms with Crippen LogP contribution in [-0.2, 0) is 15.6 Å². The first-order valence-electron chi connectivity index (χ1n) is 4.92. The zero-order valence-corrected chi connectivity index (χ0v) is 9.96. The third-order valence-corrected chi connectivity index (χ3v) is 2.93. The lowest BCUT2D eigenvalue weighted by atomic mass is 10.1. The highest BCUT2D eigenvalue weighted by atomic mass is 32.2. The van der Waals surface area contributed by atoms with Gasteiger partial charge in [-0.2, -0.15) is 0 Å². The van der Waals surface area contributed by atoms with Crippen LogP contribution in [-0.4, -0.2) is 27.0 Å². The van der Waals surface area contributed by atoms with E-state index in [1.807, 2.05) is 0 Å². The molecule has 0 heterocycles. The SMILES string of the molecule is CS(=O)(=O)Cc1ccc(C(=O)CCN)cc1. The second kappa shape index (κ2) is 5.23. The first-order valence-corrected chi connectivity index (χ1v) is 6.98. The summed E-state index contributed by atoms with van der Waals surface area (Å²) in [6.45, 7) is 0.323. The van der Waals surface area contributed by atoms with Crippen LogP contribution in [0.15, 0.2) is 24.3 Å². The van der Waals surface area contributed by atoms with E-state index in [-0.39, 0.29) is 11.5 Å². The van der Waals surface area contributed by atoms with Crippen LogP contribution in [0.5, 0.6) is 0 Å². The molecule has 0 atom stereocenters. The molecule has 0 radical (unpaired) electrons. The molecule has 0 amide bonds. The van der Waals surface area contributed by atoms with Gasteiger partial charge in [0.15, 0.2) is 15.6 Å². The van der Waals surface area contributed by atoms with Crippen LogP contribution >= 0.6 is 0 Å². The van der Waals surface area contributed by atoms with Gasteiger partial charge in [-0.1, -0.05) is 24.3 Å². The molecule has 0 saturated carbocycles. The molecule has 0 fully saturated rings. The molecular weight excluding hydrogens is 226 g/mol. The number of hydrogen-bond acceptors (Lipinski definition) is 4. The summed E-state index contributed by atoms with van der Waals surface area (Å²) in [5.41, 5.74) is 6.54. The fraction of sp³-hybridized carbons (Fsp3) is 0.364. The van der Waals surface area contributed by atoms with Gasteiger partial charge in [0.05, 0.1) is 5.75 Å². The summed E-state index contributed by atoms with van der Waals surface area (Å²) in [6, 6.07) is 6.59. The third-order valence-electron chi connectivity index (χ3n) is 2.08. The van der Waals surface area contributed by atoms with Gasteiger partial charge in [0.2, 0.25) is 0 Å². The molecule has 4 nitrogen and oxygen atoms in total. The molecular formula is C11H15NO3S. The average molecular weight is 241 g/mol. The topological polar surface area (TPSA) is 77.2 Å². The minimum Gasteiger partial charge on any atom is -0.330 e. The van der Waals surface area contributed by atoms with E-state index in [1.165, 1.54) is 6.26 Å². The molecule has 1 aromatic carbocycles. The second-order valence-electron chi connectivity index (χ2n) is 3.73. The zero-order chi connectivity index (χ0) is 12.2. The quantitative estimate of drug-likeness (QED) is 0.772. The second-order valence-corrected chi connectivity index (χ2v) is 5.87. The minimum atomic E-state index is -3.03. The molecule has 1 rings (SSSR count). The number of Topliss-reactive ketones (excluding diaryl/α,β-unsaturated/α-hetero) is 1. The molecule has 16 heavy (non-hydrogen) atoms. The highest BCUT2D eigenvalue weighted by Gasteiger charge is 2.07. The standard InChI is InChI=1S/C11H15NO3S/c1-16(14,15)8-9-2-4-10(5-3-9)11(13)6-7-12/h2-5H,6-8,12H2,1H3. The highest BCUT2D eigenvalue weighted by molar-refractivity contribution is 7.89. The summed E-state index contributed by atoms with van der Waals surface area (Å²) in [7, 11) is -3.03. The molecule has 0 saturated heterocycles. The van der Waals surface area contributed by atoms with Crippen LogP contribution in [0.3, 0.4) is 0 Å². The maximum absolute atomic E-state index is 11.4. The Morgan fingerprint density at radius 1 is 1.25 bits per heavy atom. The van der Waals surface area contributed by atoms with E-state index in [2.05, 4.69) is 0 Å². The van der Waals surface area contributed by atoms with E-state index in [9.17, 15) is 13.2 Å². The summed E-state index contributed by atoms with van der Waals surface area (Å²) >= 11 is 0. The van der Waals surface area contributed by atoms with Crippen molar-refractivity contribution in [2.24, 2.45) is 5.73 Å². The lowest BCUT2D eigenvalue weighted by Gasteiger charge is -2.02. The first kappa shape index (κ1) is 12.9. The van der Waals surface area contributed by atoms with Gasteiger partial charge in [0, 0.05) is 18.2 Å². The fourth-order valence-corrected chi connectivity index (χ4v) is 2.16. The van der Waals surface area contributed by atoms with Gasteiger partial charge in [0.1, 0.15) is 0 Å². The van der Waals surface area contributed by atoms with Gasteiger partial charge >= 0.3 is 0 Å². The van der Waals surface area contributed by atoms with E-state index >= 15 is 0 Å². The van der Waals surface area contributed by atoms with Gasteiger partial charge in [0.25, 0.3) is 0 Å². The number of hydrogen-bond donors (Lipinski definition) is 1. The molecule has 1 aromatic rings. The van der Waals surface area contributed by atoms with Crippen LogP contribution in [0.1, 0.15) is 22.3 Å². The number of benzene rings is 1. The number of carbonyl (C=O) groups excluding carboxylic acids is 1. The van der Waals surface area contributed by atoms with Gasteiger partial charge in [-0.05, 0) is 12.1 Å². The molecule has 0 bridgehead atoms. The number of carbonyl (C=O) groups is 1. The van der Waals surface area contributed by atoms with Crippen LogP contribution < -0.4 is 5.73 Å². The zero-order valence-electron chi connectivity index (χ0n) is 9.14. The van der Waals surface area contributed by atoms with Crippen molar-refractivity contribution in [3.8, 4) is 0 Å². The van der Waals surface area contributed by atoms with Gasteiger partial charge in [-0.3, -0.25) is 4.79 Å². The normalized spacial score (nSPS) is 11.4. The fourth-order valence-electron chi connectivity index (χ4n) is 1.37. The molecule has 0 unspecified atom stereocenters. The van der Waals surface area contributed by atoms with Gasteiger partial charge in [-0.15, -0.1) is 0 Å². The van der Waals surface area contributed by atoms with Crippen molar-refractivity contribution in [2.45, 2.75) is 12.2 Å². The van der Waals surface area contributed by atoms with Crippen LogP contribution in [0.2, 0.25) is 0 Å². The minimum absolute atomic E-state index is 0.00163. The van der Waals surface area contributed by atoms with Crippen molar-refractivity contribution in [1.82, 2.24) is 0 Å². The lowest BCUT2D eigenvalue weighted by molar-refractivity contribution is 0.0985. The lowest BCUT2D eigenvalue weighted by Crippen LogP contribution is -2.08. The largest absolute Gasteiger partial charge is 0.330 e. The summed E-state index contributed by atoms with van der Waals surface area (Å²) < 4.78 is 22.1. The Morgan fingerprint density at radius 3 is 2.25 bits per heavy atom. The molecule has 5 heteroatoms. The van der Waals surface area contributed by atoms with Crippen molar-refractivity contribution in [2.75, 3.05) is 12.8 Å². The monoisotopic (exact) mass is 241 g/mol. The van der Waals surface area contributed by atoms with E-state index in [0.29, 0.717) is 24.1 Å². The number of nitrogens with two attached hydrogens (primary N) is 1. The van der Waals surface area contributed by atoms with Crippen molar-refractivity contribution in [3.05, 3.63) is 35.4 Å². The Labute approximate surface area is 95.4 Å². The van der Waals surface area contributed by atoms with E-state index in [4.69, 9.17) is 5.73 Å². The Morgan fingerprint density at radius 2 is 1.81 bits per heavy atom. The van der Waals surface area contributed by atoms with E-state index in [1.54, 1.807) is 24.3 Å². The molecule has 88 valence electrons. The van der Waals surface area contributed by atoms with Crippen LogP contribution in [0.25, 0.3) is 0 Å². The predicted octanol–water partition coefficient (Wildman–Crippen LogP) is 0.763. The van der Waals surface area contributed by atoms with Gasteiger partial charge in [-0.25, -0.2) is 8.42 Å². The maximum atomic E-state index is 11.4. The molecule has 2 N–H and O–H groups in total.